The third-order valence-electron chi connectivity index (χ3n) is 3.65. The Labute approximate surface area is 89.7 Å². The van der Waals surface area contributed by atoms with E-state index in [9.17, 15) is 0 Å². The predicted molar refractivity (Wildman–Crippen MR) is 63.5 cm³/mol. The SMILES string of the molecule is CCCCCNCC1CCCCC1C. The minimum atomic E-state index is 0.961. The van der Waals surface area contributed by atoms with Crippen molar-refractivity contribution in [1.29, 1.82) is 0 Å². The number of hydrogen-bond donors (Lipinski definition) is 1. The molecule has 84 valence electrons. The van der Waals surface area contributed by atoms with Crippen LogP contribution in [0.1, 0.15) is 58.8 Å². The predicted octanol–water partition coefficient (Wildman–Crippen LogP) is 3.59. The molecule has 1 rings (SSSR count). The highest BCUT2D eigenvalue weighted by Crippen LogP contribution is 2.28. The Balaban J connectivity index is 1.99. The minimum Gasteiger partial charge on any atom is -0.316 e. The summed E-state index contributed by atoms with van der Waals surface area (Å²) in [6.45, 7) is 7.20. The zero-order valence-electron chi connectivity index (χ0n) is 10.0. The summed E-state index contributed by atoms with van der Waals surface area (Å²) in [7, 11) is 0. The third-order valence-corrected chi connectivity index (χ3v) is 3.65. The lowest BCUT2D eigenvalue weighted by atomic mass is 9.80. The van der Waals surface area contributed by atoms with Crippen LogP contribution in [0.25, 0.3) is 0 Å². The molecule has 2 unspecified atom stereocenters. The van der Waals surface area contributed by atoms with Crippen molar-refractivity contribution in [2.24, 2.45) is 11.8 Å². The molecule has 0 radical (unpaired) electrons. The van der Waals surface area contributed by atoms with Gasteiger partial charge in [0, 0.05) is 0 Å². The second kappa shape index (κ2) is 7.28. The zero-order valence-corrected chi connectivity index (χ0v) is 10.0. The quantitative estimate of drug-likeness (QED) is 0.642. The van der Waals surface area contributed by atoms with Gasteiger partial charge in [-0.3, -0.25) is 0 Å². The fourth-order valence-electron chi connectivity index (χ4n) is 2.48. The monoisotopic (exact) mass is 197 g/mol. The molecule has 0 aliphatic heterocycles. The highest BCUT2D eigenvalue weighted by Gasteiger charge is 2.20. The lowest BCUT2D eigenvalue weighted by Crippen LogP contribution is -2.29. The maximum absolute atomic E-state index is 3.62. The van der Waals surface area contributed by atoms with Gasteiger partial charge in [0.15, 0.2) is 0 Å². The van der Waals surface area contributed by atoms with Crippen molar-refractivity contribution >= 4 is 0 Å². The fraction of sp³-hybridized carbons (Fsp3) is 1.00. The van der Waals surface area contributed by atoms with Crippen LogP contribution in [-0.2, 0) is 0 Å². The molecule has 1 fully saturated rings. The van der Waals surface area contributed by atoms with Crippen LogP contribution in [0, 0.1) is 11.8 Å². The van der Waals surface area contributed by atoms with Crippen molar-refractivity contribution in [2.75, 3.05) is 13.1 Å². The van der Waals surface area contributed by atoms with Gasteiger partial charge < -0.3 is 5.32 Å². The highest BCUT2D eigenvalue weighted by atomic mass is 14.9. The molecule has 1 saturated carbocycles. The average Bonchev–Trinajstić information content (AvgIpc) is 2.20. The van der Waals surface area contributed by atoms with Gasteiger partial charge in [0.1, 0.15) is 0 Å². The van der Waals surface area contributed by atoms with Crippen LogP contribution in [0.2, 0.25) is 0 Å². The highest BCUT2D eigenvalue weighted by molar-refractivity contribution is 4.73. The van der Waals surface area contributed by atoms with Crippen LogP contribution < -0.4 is 5.32 Å². The van der Waals surface area contributed by atoms with Crippen LogP contribution in [0.4, 0.5) is 0 Å². The van der Waals surface area contributed by atoms with Gasteiger partial charge in [-0.15, -0.1) is 0 Å². The Morgan fingerprint density at radius 3 is 2.64 bits per heavy atom. The molecule has 0 spiro atoms. The largest absolute Gasteiger partial charge is 0.316 e. The molecule has 0 aromatic carbocycles. The maximum Gasteiger partial charge on any atom is -0.00180 e. The van der Waals surface area contributed by atoms with Gasteiger partial charge in [0.05, 0.1) is 0 Å². The molecule has 1 nitrogen and oxygen atoms in total. The molecule has 1 heteroatoms. The third kappa shape index (κ3) is 4.45. The summed E-state index contributed by atoms with van der Waals surface area (Å²) in [5, 5.41) is 3.62. The fourth-order valence-corrected chi connectivity index (χ4v) is 2.48. The molecule has 2 atom stereocenters. The topological polar surface area (TPSA) is 12.0 Å². The second-order valence-corrected chi connectivity index (χ2v) is 4.93. The molecule has 0 amide bonds. The van der Waals surface area contributed by atoms with Gasteiger partial charge in [-0.2, -0.15) is 0 Å². The van der Waals surface area contributed by atoms with Crippen molar-refractivity contribution in [1.82, 2.24) is 5.32 Å². The summed E-state index contributed by atoms with van der Waals surface area (Å²) in [6, 6.07) is 0. The standard InChI is InChI=1S/C13H27N/c1-3-4-7-10-14-11-13-9-6-5-8-12(13)2/h12-14H,3-11H2,1-2H3. The van der Waals surface area contributed by atoms with E-state index in [1.807, 2.05) is 0 Å². The van der Waals surface area contributed by atoms with E-state index in [1.54, 1.807) is 0 Å². The summed E-state index contributed by atoms with van der Waals surface area (Å²) in [6.07, 6.45) is 9.93. The molecule has 0 aromatic rings. The van der Waals surface area contributed by atoms with E-state index in [0.29, 0.717) is 0 Å². The Morgan fingerprint density at radius 1 is 1.14 bits per heavy atom. The molecule has 0 bridgehead atoms. The van der Waals surface area contributed by atoms with Crippen LogP contribution >= 0.6 is 0 Å². The van der Waals surface area contributed by atoms with E-state index >= 15 is 0 Å². The molecule has 14 heavy (non-hydrogen) atoms. The summed E-state index contributed by atoms with van der Waals surface area (Å²) in [5.41, 5.74) is 0. The second-order valence-electron chi connectivity index (χ2n) is 4.93. The van der Waals surface area contributed by atoms with Crippen molar-refractivity contribution < 1.29 is 0 Å². The Hall–Kier alpha value is -0.0400. The van der Waals surface area contributed by atoms with E-state index in [4.69, 9.17) is 0 Å². The normalized spacial score (nSPS) is 27.9. The molecule has 1 N–H and O–H groups in total. The van der Waals surface area contributed by atoms with Crippen molar-refractivity contribution in [3.63, 3.8) is 0 Å². The summed E-state index contributed by atoms with van der Waals surface area (Å²) >= 11 is 0. The van der Waals surface area contributed by atoms with E-state index < -0.39 is 0 Å². The molecule has 1 aliphatic carbocycles. The van der Waals surface area contributed by atoms with Gasteiger partial charge in [-0.05, 0) is 37.8 Å². The minimum absolute atomic E-state index is 0.961. The number of hydrogen-bond acceptors (Lipinski definition) is 1. The molecular formula is C13H27N. The van der Waals surface area contributed by atoms with E-state index in [1.165, 1.54) is 58.0 Å². The van der Waals surface area contributed by atoms with Crippen molar-refractivity contribution in [2.45, 2.75) is 58.8 Å². The van der Waals surface area contributed by atoms with Crippen LogP contribution in [-0.4, -0.2) is 13.1 Å². The van der Waals surface area contributed by atoms with Crippen molar-refractivity contribution in [3.05, 3.63) is 0 Å². The average molecular weight is 197 g/mol. The lowest BCUT2D eigenvalue weighted by molar-refractivity contribution is 0.248. The molecule has 0 aromatic heterocycles. The Morgan fingerprint density at radius 2 is 1.93 bits per heavy atom. The molecular weight excluding hydrogens is 170 g/mol. The first kappa shape index (κ1) is 12.0. The van der Waals surface area contributed by atoms with Gasteiger partial charge in [-0.1, -0.05) is 46.0 Å². The first-order valence-corrected chi connectivity index (χ1v) is 6.55. The number of unbranched alkanes of at least 4 members (excludes halogenated alkanes) is 2. The summed E-state index contributed by atoms with van der Waals surface area (Å²) in [5.74, 6) is 1.92. The van der Waals surface area contributed by atoms with E-state index in [0.717, 1.165) is 11.8 Å². The van der Waals surface area contributed by atoms with Gasteiger partial charge in [-0.25, -0.2) is 0 Å². The number of nitrogens with one attached hydrogen (secondary N) is 1. The Kier molecular flexibility index (Phi) is 6.25. The number of rotatable bonds is 6. The van der Waals surface area contributed by atoms with Crippen LogP contribution in [0.15, 0.2) is 0 Å². The van der Waals surface area contributed by atoms with Crippen LogP contribution in [0.5, 0.6) is 0 Å². The van der Waals surface area contributed by atoms with E-state index in [-0.39, 0.29) is 0 Å². The summed E-state index contributed by atoms with van der Waals surface area (Å²) < 4.78 is 0. The van der Waals surface area contributed by atoms with Gasteiger partial charge in [0.25, 0.3) is 0 Å². The van der Waals surface area contributed by atoms with E-state index in [2.05, 4.69) is 19.2 Å². The first-order valence-electron chi connectivity index (χ1n) is 6.55. The van der Waals surface area contributed by atoms with Crippen molar-refractivity contribution in [3.8, 4) is 0 Å². The molecule has 1 aliphatic rings. The van der Waals surface area contributed by atoms with Gasteiger partial charge >= 0.3 is 0 Å². The van der Waals surface area contributed by atoms with Crippen LogP contribution in [0.3, 0.4) is 0 Å². The van der Waals surface area contributed by atoms with Gasteiger partial charge in [0.2, 0.25) is 0 Å². The lowest BCUT2D eigenvalue weighted by Gasteiger charge is -2.28. The summed E-state index contributed by atoms with van der Waals surface area (Å²) in [4.78, 5) is 0. The Bertz CT molecular complexity index is 133. The molecule has 0 heterocycles. The first-order chi connectivity index (χ1) is 6.84. The molecule has 0 saturated heterocycles. The zero-order chi connectivity index (χ0) is 10.2. The maximum atomic E-state index is 3.62. The smallest absolute Gasteiger partial charge is 0.00180 e.